The summed E-state index contributed by atoms with van der Waals surface area (Å²) in [6, 6.07) is 9.26. The van der Waals surface area contributed by atoms with E-state index in [-0.39, 0.29) is 26.1 Å². The maximum Gasteiger partial charge on any atom is 0.310 e. The van der Waals surface area contributed by atoms with E-state index in [1.165, 1.54) is 7.11 Å². The van der Waals surface area contributed by atoms with Crippen LogP contribution in [-0.4, -0.2) is 41.5 Å². The third-order valence-corrected chi connectivity index (χ3v) is 4.52. The number of esters is 2. The van der Waals surface area contributed by atoms with Gasteiger partial charge in [0.25, 0.3) is 0 Å². The van der Waals surface area contributed by atoms with E-state index in [1.807, 2.05) is 30.3 Å². The zero-order valence-corrected chi connectivity index (χ0v) is 13.8. The SMILES string of the molecule is COC(=O)C1CC(O)(CCCO)C[C@H]1C(=O)OCc1ccccc1. The molecule has 0 heterocycles. The molecule has 132 valence electrons. The number of benzene rings is 1. The van der Waals surface area contributed by atoms with Crippen molar-refractivity contribution in [2.75, 3.05) is 13.7 Å². The van der Waals surface area contributed by atoms with Gasteiger partial charge in [0.15, 0.2) is 0 Å². The molecule has 1 saturated carbocycles. The summed E-state index contributed by atoms with van der Waals surface area (Å²) in [4.78, 5) is 24.4. The average Bonchev–Trinajstić information content (AvgIpc) is 2.96. The molecule has 2 unspecified atom stereocenters. The Labute approximate surface area is 141 Å². The molecule has 1 aromatic carbocycles. The maximum absolute atomic E-state index is 12.4. The van der Waals surface area contributed by atoms with Gasteiger partial charge in [-0.2, -0.15) is 0 Å². The smallest absolute Gasteiger partial charge is 0.310 e. The van der Waals surface area contributed by atoms with Gasteiger partial charge in [-0.15, -0.1) is 0 Å². The molecule has 0 aromatic heterocycles. The van der Waals surface area contributed by atoms with Crippen LogP contribution < -0.4 is 0 Å². The fraction of sp³-hybridized carbons (Fsp3) is 0.556. The van der Waals surface area contributed by atoms with E-state index in [9.17, 15) is 14.7 Å². The van der Waals surface area contributed by atoms with Crippen molar-refractivity contribution in [3.05, 3.63) is 35.9 Å². The topological polar surface area (TPSA) is 93.1 Å². The van der Waals surface area contributed by atoms with Gasteiger partial charge >= 0.3 is 11.9 Å². The Hall–Kier alpha value is -1.92. The molecule has 1 aromatic rings. The molecule has 1 aliphatic carbocycles. The molecular weight excluding hydrogens is 312 g/mol. The van der Waals surface area contributed by atoms with Crippen LogP contribution in [0.4, 0.5) is 0 Å². The van der Waals surface area contributed by atoms with E-state index in [0.29, 0.717) is 12.8 Å². The first-order valence-electron chi connectivity index (χ1n) is 8.11. The lowest BCUT2D eigenvalue weighted by Crippen LogP contribution is -2.27. The van der Waals surface area contributed by atoms with Gasteiger partial charge in [-0.3, -0.25) is 9.59 Å². The summed E-state index contributed by atoms with van der Waals surface area (Å²) in [7, 11) is 1.26. The van der Waals surface area contributed by atoms with E-state index in [0.717, 1.165) is 5.56 Å². The van der Waals surface area contributed by atoms with E-state index in [1.54, 1.807) is 0 Å². The lowest BCUT2D eigenvalue weighted by molar-refractivity contribution is -0.158. The highest BCUT2D eigenvalue weighted by Gasteiger charge is 2.51. The Balaban J connectivity index is 2.03. The number of carbonyl (C=O) groups excluding carboxylic acids is 2. The number of aliphatic hydroxyl groups is 2. The monoisotopic (exact) mass is 336 g/mol. The van der Waals surface area contributed by atoms with Crippen molar-refractivity contribution < 1.29 is 29.3 Å². The summed E-state index contributed by atoms with van der Waals surface area (Å²) >= 11 is 0. The van der Waals surface area contributed by atoms with Gasteiger partial charge in [-0.1, -0.05) is 30.3 Å². The van der Waals surface area contributed by atoms with Crippen LogP contribution in [0.1, 0.15) is 31.2 Å². The van der Waals surface area contributed by atoms with Crippen LogP contribution in [0.5, 0.6) is 0 Å². The third-order valence-electron chi connectivity index (χ3n) is 4.52. The van der Waals surface area contributed by atoms with Gasteiger partial charge < -0.3 is 19.7 Å². The maximum atomic E-state index is 12.4. The fourth-order valence-corrected chi connectivity index (χ4v) is 3.28. The normalized spacial score (nSPS) is 26.1. The molecule has 2 rings (SSSR count). The van der Waals surface area contributed by atoms with Crippen molar-refractivity contribution in [3.8, 4) is 0 Å². The van der Waals surface area contributed by atoms with E-state index in [2.05, 4.69) is 0 Å². The fourth-order valence-electron chi connectivity index (χ4n) is 3.28. The molecule has 0 amide bonds. The highest BCUT2D eigenvalue weighted by Crippen LogP contribution is 2.43. The standard InChI is InChI=1S/C18H24O6/c1-23-16(20)14-10-18(22,8-5-9-19)11-15(14)17(21)24-12-13-6-3-2-4-7-13/h2-4,6-7,14-15,19,22H,5,8-12H2,1H3/t14?,15-,18?/m1/s1. The van der Waals surface area contributed by atoms with E-state index in [4.69, 9.17) is 14.6 Å². The number of aliphatic hydroxyl groups excluding tert-OH is 1. The van der Waals surface area contributed by atoms with Crippen molar-refractivity contribution in [3.63, 3.8) is 0 Å². The molecule has 0 radical (unpaired) electrons. The van der Waals surface area contributed by atoms with Crippen LogP contribution in [0.25, 0.3) is 0 Å². The number of ether oxygens (including phenoxy) is 2. The van der Waals surface area contributed by atoms with Crippen LogP contribution in [-0.2, 0) is 25.7 Å². The highest BCUT2D eigenvalue weighted by molar-refractivity contribution is 5.83. The van der Waals surface area contributed by atoms with E-state index >= 15 is 0 Å². The van der Waals surface area contributed by atoms with Crippen LogP contribution >= 0.6 is 0 Å². The second-order valence-electron chi connectivity index (χ2n) is 6.29. The van der Waals surface area contributed by atoms with E-state index < -0.39 is 29.4 Å². The Morgan fingerprint density at radius 3 is 2.38 bits per heavy atom. The van der Waals surface area contributed by atoms with Gasteiger partial charge in [0.1, 0.15) is 6.61 Å². The number of methoxy groups -OCH3 is 1. The Morgan fingerprint density at radius 2 is 1.79 bits per heavy atom. The predicted octanol–water partition coefficient (Wildman–Crippen LogP) is 1.43. The summed E-state index contributed by atoms with van der Waals surface area (Å²) in [6.07, 6.45) is 1.03. The second-order valence-corrected chi connectivity index (χ2v) is 6.29. The first kappa shape index (κ1) is 18.4. The van der Waals surface area contributed by atoms with Gasteiger partial charge in [0, 0.05) is 6.61 Å². The minimum absolute atomic E-state index is 0.0473. The Morgan fingerprint density at radius 1 is 1.17 bits per heavy atom. The molecule has 6 heteroatoms. The summed E-state index contributed by atoms with van der Waals surface area (Å²) in [6.45, 7) is 0.0768. The lowest BCUT2D eigenvalue weighted by atomic mass is 9.94. The van der Waals surface area contributed by atoms with Gasteiger partial charge in [0.05, 0.1) is 24.5 Å². The Kier molecular flexibility index (Phi) is 6.34. The largest absolute Gasteiger partial charge is 0.469 e. The molecule has 3 atom stereocenters. The molecule has 0 aliphatic heterocycles. The molecule has 0 bridgehead atoms. The molecule has 6 nitrogen and oxygen atoms in total. The number of hydrogen-bond acceptors (Lipinski definition) is 6. The van der Waals surface area contributed by atoms with Crippen LogP contribution in [0.3, 0.4) is 0 Å². The summed E-state index contributed by atoms with van der Waals surface area (Å²) in [5.41, 5.74) is -0.299. The third kappa shape index (κ3) is 4.55. The number of hydrogen-bond donors (Lipinski definition) is 2. The highest BCUT2D eigenvalue weighted by atomic mass is 16.5. The zero-order valence-electron chi connectivity index (χ0n) is 13.8. The van der Waals surface area contributed by atoms with Crippen molar-refractivity contribution in [1.29, 1.82) is 0 Å². The molecule has 0 saturated heterocycles. The zero-order chi connectivity index (χ0) is 17.6. The van der Waals surface area contributed by atoms with Crippen LogP contribution in [0.2, 0.25) is 0 Å². The second kappa shape index (κ2) is 8.26. The van der Waals surface area contributed by atoms with Gasteiger partial charge in [0.2, 0.25) is 0 Å². The minimum Gasteiger partial charge on any atom is -0.469 e. The quantitative estimate of drug-likeness (QED) is 0.732. The van der Waals surface area contributed by atoms with Crippen molar-refractivity contribution >= 4 is 11.9 Å². The van der Waals surface area contributed by atoms with Crippen LogP contribution in [0.15, 0.2) is 30.3 Å². The molecule has 0 spiro atoms. The first-order chi connectivity index (χ1) is 11.5. The number of rotatable bonds is 7. The van der Waals surface area contributed by atoms with Crippen molar-refractivity contribution in [2.24, 2.45) is 11.8 Å². The summed E-state index contributed by atoms with van der Waals surface area (Å²) < 4.78 is 10.1. The van der Waals surface area contributed by atoms with Gasteiger partial charge in [-0.05, 0) is 31.2 Å². The molecule has 2 N–H and O–H groups in total. The summed E-state index contributed by atoms with van der Waals surface area (Å²) in [5.74, 6) is -2.47. The lowest BCUT2D eigenvalue weighted by Gasteiger charge is -2.21. The Bertz CT molecular complexity index is 558. The van der Waals surface area contributed by atoms with Crippen molar-refractivity contribution in [2.45, 2.75) is 37.9 Å². The number of carbonyl (C=O) groups is 2. The first-order valence-corrected chi connectivity index (χ1v) is 8.11. The molecule has 1 aliphatic rings. The van der Waals surface area contributed by atoms with Crippen molar-refractivity contribution in [1.82, 2.24) is 0 Å². The molecule has 1 fully saturated rings. The molecular formula is C18H24O6. The molecule has 24 heavy (non-hydrogen) atoms. The average molecular weight is 336 g/mol. The summed E-state index contributed by atoms with van der Waals surface area (Å²) in [5, 5.41) is 19.6. The van der Waals surface area contributed by atoms with Gasteiger partial charge in [-0.25, -0.2) is 0 Å². The minimum atomic E-state index is -1.15. The van der Waals surface area contributed by atoms with Crippen LogP contribution in [0, 0.1) is 11.8 Å². The predicted molar refractivity (Wildman–Crippen MR) is 85.7 cm³/mol.